The molecule has 0 aliphatic heterocycles. The lowest BCUT2D eigenvalue weighted by Gasteiger charge is -1.99. The number of hydrogen-bond donors (Lipinski definition) is 1. The maximum atomic E-state index is 11.0. The number of alkyl halides is 1. The minimum atomic E-state index is -0.321. The fourth-order valence-electron chi connectivity index (χ4n) is 2.22. The normalized spacial score (nSPS) is 9.96. The van der Waals surface area contributed by atoms with Crippen molar-refractivity contribution in [1.82, 2.24) is 0 Å². The van der Waals surface area contributed by atoms with Gasteiger partial charge in [0.1, 0.15) is 0 Å². The Labute approximate surface area is 150 Å². The van der Waals surface area contributed by atoms with E-state index in [2.05, 4.69) is 63.1 Å². The molecule has 3 rings (SSSR count). The third kappa shape index (κ3) is 4.91. The fourth-order valence-corrected chi connectivity index (χ4v) is 2.57. The number of rotatable bonds is 3. The first-order valence-corrected chi connectivity index (χ1v) is 8.71. The van der Waals surface area contributed by atoms with Gasteiger partial charge in [-0.25, -0.2) is 4.79 Å². The van der Waals surface area contributed by atoms with Gasteiger partial charge in [-0.15, -0.1) is 0 Å². The highest BCUT2D eigenvalue weighted by Crippen LogP contribution is 2.16. The van der Waals surface area contributed by atoms with Gasteiger partial charge in [0.25, 0.3) is 0 Å². The van der Waals surface area contributed by atoms with Gasteiger partial charge in [0.2, 0.25) is 0 Å². The molecule has 0 saturated carbocycles. The van der Waals surface area contributed by atoms with Crippen LogP contribution in [0.2, 0.25) is 0 Å². The van der Waals surface area contributed by atoms with E-state index in [0.29, 0.717) is 12.1 Å². The van der Waals surface area contributed by atoms with Crippen molar-refractivity contribution in [2.24, 2.45) is 5.73 Å². The molecule has 0 saturated heterocycles. The summed E-state index contributed by atoms with van der Waals surface area (Å²) in [6, 6.07) is 22.0. The van der Waals surface area contributed by atoms with E-state index < -0.39 is 0 Å². The van der Waals surface area contributed by atoms with Crippen LogP contribution >= 0.6 is 15.9 Å². The number of carbonyl (C=O) groups is 1. The molecule has 0 bridgehead atoms. The molecule has 0 aromatic heterocycles. The van der Waals surface area contributed by atoms with Crippen LogP contribution in [0.5, 0.6) is 0 Å². The molecule has 3 nitrogen and oxygen atoms in total. The Morgan fingerprint density at radius 1 is 0.958 bits per heavy atom. The van der Waals surface area contributed by atoms with Crippen molar-refractivity contribution in [3.8, 4) is 0 Å². The molecule has 3 aromatic rings. The number of hydrogen-bond acceptors (Lipinski definition) is 3. The number of esters is 1. The van der Waals surface area contributed by atoms with Crippen LogP contribution in [-0.2, 0) is 16.6 Å². The number of benzene rings is 3. The molecule has 0 unspecified atom stereocenters. The van der Waals surface area contributed by atoms with Crippen molar-refractivity contribution in [1.29, 1.82) is 0 Å². The lowest BCUT2D eigenvalue weighted by molar-refractivity contribution is 0.0600. The van der Waals surface area contributed by atoms with Crippen LogP contribution in [0.1, 0.15) is 21.5 Å². The summed E-state index contributed by atoms with van der Waals surface area (Å²) in [7, 11) is 1.36. The minimum absolute atomic E-state index is 0.321. The molecule has 0 radical (unpaired) electrons. The first kappa shape index (κ1) is 18.2. The molecule has 4 heteroatoms. The van der Waals surface area contributed by atoms with Gasteiger partial charge in [-0.3, -0.25) is 0 Å². The van der Waals surface area contributed by atoms with E-state index in [-0.39, 0.29) is 5.97 Å². The average molecular weight is 386 g/mol. The molecular weight excluding hydrogens is 366 g/mol. The summed E-state index contributed by atoms with van der Waals surface area (Å²) in [6.07, 6.45) is 0. The molecule has 0 atom stereocenters. The van der Waals surface area contributed by atoms with Gasteiger partial charge in [0.05, 0.1) is 12.7 Å². The topological polar surface area (TPSA) is 52.3 Å². The van der Waals surface area contributed by atoms with Crippen LogP contribution in [0.4, 0.5) is 0 Å². The van der Waals surface area contributed by atoms with Gasteiger partial charge < -0.3 is 10.5 Å². The summed E-state index contributed by atoms with van der Waals surface area (Å²) < 4.78 is 4.54. The SMILES string of the molecule is BrCc1ccc2ccccc2c1.COC(=O)c1ccc(CN)cc1. The van der Waals surface area contributed by atoms with Crippen LogP contribution in [-0.4, -0.2) is 13.1 Å². The van der Waals surface area contributed by atoms with E-state index in [1.165, 1.54) is 23.4 Å². The Balaban J connectivity index is 0.000000174. The van der Waals surface area contributed by atoms with Gasteiger partial charge in [-0.1, -0.05) is 70.5 Å². The lowest BCUT2D eigenvalue weighted by Crippen LogP contribution is -2.02. The summed E-state index contributed by atoms with van der Waals surface area (Å²) in [6.45, 7) is 0.488. The summed E-state index contributed by atoms with van der Waals surface area (Å²) >= 11 is 3.44. The molecule has 0 aliphatic rings. The second-order valence-electron chi connectivity index (χ2n) is 5.21. The first-order valence-electron chi connectivity index (χ1n) is 7.59. The summed E-state index contributed by atoms with van der Waals surface area (Å²) in [4.78, 5) is 11.0. The Hall–Kier alpha value is -2.17. The zero-order chi connectivity index (χ0) is 17.4. The van der Waals surface area contributed by atoms with Crippen LogP contribution in [0, 0.1) is 0 Å². The van der Waals surface area contributed by atoms with E-state index in [1.54, 1.807) is 12.1 Å². The molecule has 0 heterocycles. The third-order valence-corrected chi connectivity index (χ3v) is 4.23. The molecule has 0 fully saturated rings. The van der Waals surface area contributed by atoms with Crippen LogP contribution in [0.15, 0.2) is 66.7 Å². The predicted molar refractivity (Wildman–Crippen MR) is 102 cm³/mol. The number of halogens is 1. The van der Waals surface area contributed by atoms with Gasteiger partial charge in [0.15, 0.2) is 0 Å². The highest BCUT2D eigenvalue weighted by molar-refractivity contribution is 9.08. The molecule has 124 valence electrons. The van der Waals surface area contributed by atoms with Crippen molar-refractivity contribution in [3.05, 3.63) is 83.4 Å². The zero-order valence-electron chi connectivity index (χ0n) is 13.5. The Morgan fingerprint density at radius 2 is 1.58 bits per heavy atom. The Bertz CT molecular complexity index is 800. The molecule has 2 N–H and O–H groups in total. The van der Waals surface area contributed by atoms with Gasteiger partial charge in [-0.2, -0.15) is 0 Å². The van der Waals surface area contributed by atoms with E-state index in [4.69, 9.17) is 5.73 Å². The van der Waals surface area contributed by atoms with E-state index in [0.717, 1.165) is 10.9 Å². The summed E-state index contributed by atoms with van der Waals surface area (Å²) in [5.41, 5.74) is 8.27. The number of methoxy groups -OCH3 is 1. The van der Waals surface area contributed by atoms with Crippen molar-refractivity contribution < 1.29 is 9.53 Å². The van der Waals surface area contributed by atoms with Crippen LogP contribution in [0.25, 0.3) is 10.8 Å². The molecule has 0 amide bonds. The second-order valence-corrected chi connectivity index (χ2v) is 5.77. The number of nitrogens with two attached hydrogens (primary N) is 1. The molecule has 24 heavy (non-hydrogen) atoms. The smallest absolute Gasteiger partial charge is 0.337 e. The number of fused-ring (bicyclic) bond motifs is 1. The fraction of sp³-hybridized carbons (Fsp3) is 0.150. The zero-order valence-corrected chi connectivity index (χ0v) is 15.1. The molecular formula is C20H20BrNO2. The standard InChI is InChI=1S/C11H9Br.C9H11NO2/c12-8-9-5-6-10-3-1-2-4-11(10)7-9;1-12-9(11)8-4-2-7(6-10)3-5-8/h1-7H,8H2;2-5H,6,10H2,1H3. The first-order chi connectivity index (χ1) is 11.7. The Kier molecular flexibility index (Phi) is 6.97. The maximum Gasteiger partial charge on any atom is 0.337 e. The third-order valence-electron chi connectivity index (χ3n) is 3.58. The van der Waals surface area contributed by atoms with Gasteiger partial charge in [-0.05, 0) is 34.0 Å². The molecule has 0 spiro atoms. The number of ether oxygens (including phenoxy) is 1. The maximum absolute atomic E-state index is 11.0. The number of carbonyl (C=O) groups excluding carboxylic acids is 1. The Morgan fingerprint density at radius 3 is 2.17 bits per heavy atom. The monoisotopic (exact) mass is 385 g/mol. The summed E-state index contributed by atoms with van der Waals surface area (Å²) in [5.74, 6) is -0.321. The highest BCUT2D eigenvalue weighted by Gasteiger charge is 2.02. The second kappa shape index (κ2) is 9.21. The largest absolute Gasteiger partial charge is 0.465 e. The quantitative estimate of drug-likeness (QED) is 0.526. The van der Waals surface area contributed by atoms with Crippen molar-refractivity contribution in [2.45, 2.75) is 11.9 Å². The summed E-state index contributed by atoms with van der Waals surface area (Å²) in [5, 5.41) is 3.55. The molecule has 3 aromatic carbocycles. The highest BCUT2D eigenvalue weighted by atomic mass is 79.9. The van der Waals surface area contributed by atoms with E-state index in [1.807, 2.05) is 12.1 Å². The van der Waals surface area contributed by atoms with E-state index >= 15 is 0 Å². The van der Waals surface area contributed by atoms with E-state index in [9.17, 15) is 4.79 Å². The average Bonchev–Trinajstić information content (AvgIpc) is 2.67. The van der Waals surface area contributed by atoms with Crippen molar-refractivity contribution in [2.75, 3.05) is 7.11 Å². The molecule has 0 aliphatic carbocycles. The van der Waals surface area contributed by atoms with Gasteiger partial charge in [0, 0.05) is 11.9 Å². The predicted octanol–water partition coefficient (Wildman–Crippen LogP) is 4.67. The van der Waals surface area contributed by atoms with Crippen molar-refractivity contribution >= 4 is 32.7 Å². The van der Waals surface area contributed by atoms with Crippen molar-refractivity contribution in [3.63, 3.8) is 0 Å². The van der Waals surface area contributed by atoms with Crippen LogP contribution < -0.4 is 5.73 Å². The van der Waals surface area contributed by atoms with Crippen LogP contribution in [0.3, 0.4) is 0 Å². The lowest BCUT2D eigenvalue weighted by atomic mass is 10.1. The van der Waals surface area contributed by atoms with Gasteiger partial charge >= 0.3 is 5.97 Å². The minimum Gasteiger partial charge on any atom is -0.465 e.